The molecule has 5 heteroatoms. The van der Waals surface area contributed by atoms with Gasteiger partial charge in [-0.2, -0.15) is 0 Å². The summed E-state index contributed by atoms with van der Waals surface area (Å²) in [6.07, 6.45) is 4.14. The van der Waals surface area contributed by atoms with Crippen molar-refractivity contribution in [3.8, 4) is 0 Å². The number of anilines is 2. The number of pyridine rings is 1. The van der Waals surface area contributed by atoms with Crippen molar-refractivity contribution in [2.75, 3.05) is 24.3 Å². The molecule has 0 bridgehead atoms. The number of nitrogens with zero attached hydrogens (tertiary/aromatic N) is 2. The summed E-state index contributed by atoms with van der Waals surface area (Å²) in [7, 11) is 3.98. The lowest BCUT2D eigenvalue weighted by molar-refractivity contribution is 0.761. The molecule has 0 fully saturated rings. The third-order valence-corrected chi connectivity index (χ3v) is 4.73. The molecule has 0 aliphatic heterocycles. The van der Waals surface area contributed by atoms with Gasteiger partial charge in [0.25, 0.3) is 0 Å². The predicted octanol–water partition coefficient (Wildman–Crippen LogP) is 3.96. The summed E-state index contributed by atoms with van der Waals surface area (Å²) in [6.45, 7) is 0. The van der Waals surface area contributed by atoms with Gasteiger partial charge in [0.05, 0.1) is 22.3 Å². The van der Waals surface area contributed by atoms with Gasteiger partial charge in [0.15, 0.2) is 0 Å². The summed E-state index contributed by atoms with van der Waals surface area (Å²) >= 11 is 7.78. The van der Waals surface area contributed by atoms with E-state index in [9.17, 15) is 0 Å². The first kappa shape index (κ1) is 12.8. The van der Waals surface area contributed by atoms with Crippen molar-refractivity contribution in [1.82, 2.24) is 4.98 Å². The number of thiophene rings is 1. The van der Waals surface area contributed by atoms with E-state index in [0.717, 1.165) is 28.7 Å². The van der Waals surface area contributed by atoms with Crippen LogP contribution in [0.25, 0.3) is 0 Å². The van der Waals surface area contributed by atoms with E-state index >= 15 is 0 Å². The highest BCUT2D eigenvalue weighted by Crippen LogP contribution is 2.40. The van der Waals surface area contributed by atoms with Crippen LogP contribution in [0.1, 0.15) is 22.9 Å². The third kappa shape index (κ3) is 2.55. The summed E-state index contributed by atoms with van der Waals surface area (Å²) in [5, 5.41) is 3.54. The highest BCUT2D eigenvalue weighted by molar-refractivity contribution is 7.16. The number of rotatable bonds is 3. The van der Waals surface area contributed by atoms with Crippen molar-refractivity contribution in [2.45, 2.75) is 18.9 Å². The quantitative estimate of drug-likeness (QED) is 0.928. The molecule has 0 saturated heterocycles. The number of hydrogen-bond acceptors (Lipinski definition) is 4. The lowest BCUT2D eigenvalue weighted by Crippen LogP contribution is -2.11. The van der Waals surface area contributed by atoms with Crippen LogP contribution < -0.4 is 10.2 Å². The van der Waals surface area contributed by atoms with Crippen LogP contribution in [0.3, 0.4) is 0 Å². The molecular formula is C14H16ClN3S. The second-order valence-electron chi connectivity index (χ2n) is 4.96. The van der Waals surface area contributed by atoms with E-state index in [-0.39, 0.29) is 0 Å². The summed E-state index contributed by atoms with van der Waals surface area (Å²) in [4.78, 5) is 7.83. The summed E-state index contributed by atoms with van der Waals surface area (Å²) in [5.74, 6) is 0.969. The van der Waals surface area contributed by atoms with Gasteiger partial charge in [-0.1, -0.05) is 11.6 Å². The maximum Gasteiger partial charge on any atom is 0.128 e. The standard InChI is InChI=1S/C14H16ClN3S/c1-18(2)14-6-3-9(8-16-14)17-11-4-5-12-10(11)7-13(15)19-12/h3,6-8,11,17H,4-5H2,1-2H3. The number of nitrogens with one attached hydrogen (secondary N) is 1. The fourth-order valence-electron chi connectivity index (χ4n) is 2.42. The first-order chi connectivity index (χ1) is 9.13. The second kappa shape index (κ2) is 5.02. The number of fused-ring (bicyclic) bond motifs is 1. The molecule has 1 unspecified atom stereocenters. The molecule has 3 nitrogen and oxygen atoms in total. The normalized spacial score (nSPS) is 17.3. The van der Waals surface area contributed by atoms with Crippen LogP contribution in [0, 0.1) is 0 Å². The van der Waals surface area contributed by atoms with Crippen LogP contribution in [0.2, 0.25) is 4.34 Å². The summed E-state index contributed by atoms with van der Waals surface area (Å²) in [5.41, 5.74) is 2.41. The molecule has 0 spiro atoms. The van der Waals surface area contributed by atoms with Crippen LogP contribution in [-0.2, 0) is 6.42 Å². The molecule has 19 heavy (non-hydrogen) atoms. The molecule has 3 rings (SSSR count). The second-order valence-corrected chi connectivity index (χ2v) is 6.73. The minimum atomic E-state index is 0.366. The van der Waals surface area contributed by atoms with Gasteiger partial charge < -0.3 is 10.2 Å². The van der Waals surface area contributed by atoms with Gasteiger partial charge >= 0.3 is 0 Å². The Morgan fingerprint density at radius 2 is 2.26 bits per heavy atom. The average Bonchev–Trinajstić information content (AvgIpc) is 2.91. The van der Waals surface area contributed by atoms with Crippen LogP contribution >= 0.6 is 22.9 Å². The number of hydrogen-bond donors (Lipinski definition) is 1. The van der Waals surface area contributed by atoms with Crippen molar-refractivity contribution in [1.29, 1.82) is 0 Å². The topological polar surface area (TPSA) is 28.2 Å². The zero-order chi connectivity index (χ0) is 13.4. The SMILES string of the molecule is CN(C)c1ccc(NC2CCc3sc(Cl)cc32)cn1. The molecule has 100 valence electrons. The Labute approximate surface area is 122 Å². The third-order valence-electron chi connectivity index (χ3n) is 3.39. The lowest BCUT2D eigenvalue weighted by atomic mass is 10.1. The maximum absolute atomic E-state index is 6.08. The van der Waals surface area contributed by atoms with Gasteiger partial charge in [-0.05, 0) is 36.6 Å². The highest BCUT2D eigenvalue weighted by Gasteiger charge is 2.24. The smallest absolute Gasteiger partial charge is 0.128 e. The summed E-state index contributed by atoms with van der Waals surface area (Å²) < 4.78 is 0.887. The molecule has 1 atom stereocenters. The first-order valence-electron chi connectivity index (χ1n) is 6.31. The van der Waals surface area contributed by atoms with Crippen molar-refractivity contribution >= 4 is 34.4 Å². The van der Waals surface area contributed by atoms with Gasteiger partial charge in [-0.25, -0.2) is 4.98 Å². The Morgan fingerprint density at radius 1 is 1.42 bits per heavy atom. The highest BCUT2D eigenvalue weighted by atomic mass is 35.5. The molecule has 1 N–H and O–H groups in total. The Bertz CT molecular complexity index is 577. The van der Waals surface area contributed by atoms with E-state index in [1.54, 1.807) is 11.3 Å². The molecule has 0 saturated carbocycles. The van der Waals surface area contributed by atoms with E-state index in [1.165, 1.54) is 10.4 Å². The lowest BCUT2D eigenvalue weighted by Gasteiger charge is -2.16. The van der Waals surface area contributed by atoms with Crippen LogP contribution in [-0.4, -0.2) is 19.1 Å². The van der Waals surface area contributed by atoms with Gasteiger partial charge in [-0.15, -0.1) is 11.3 Å². The maximum atomic E-state index is 6.08. The van der Waals surface area contributed by atoms with Crippen LogP contribution in [0.5, 0.6) is 0 Å². The predicted molar refractivity (Wildman–Crippen MR) is 82.6 cm³/mol. The molecule has 2 heterocycles. The fourth-order valence-corrected chi connectivity index (χ4v) is 3.77. The van der Waals surface area contributed by atoms with E-state index in [4.69, 9.17) is 11.6 Å². The van der Waals surface area contributed by atoms with E-state index < -0.39 is 0 Å². The number of aryl methyl sites for hydroxylation is 1. The van der Waals surface area contributed by atoms with E-state index in [2.05, 4.69) is 22.4 Å². The molecule has 0 amide bonds. The van der Waals surface area contributed by atoms with Gasteiger partial charge in [0.2, 0.25) is 0 Å². The molecule has 2 aromatic heterocycles. The fraction of sp³-hybridized carbons (Fsp3) is 0.357. The molecular weight excluding hydrogens is 278 g/mol. The Kier molecular flexibility index (Phi) is 3.37. The summed E-state index contributed by atoms with van der Waals surface area (Å²) in [6, 6.07) is 6.56. The zero-order valence-electron chi connectivity index (χ0n) is 11.0. The molecule has 0 radical (unpaired) electrons. The Balaban J connectivity index is 1.75. The monoisotopic (exact) mass is 293 g/mol. The number of halogens is 1. The Morgan fingerprint density at radius 3 is 2.95 bits per heavy atom. The van der Waals surface area contributed by atoms with Gasteiger partial charge in [-0.3, -0.25) is 0 Å². The van der Waals surface area contributed by atoms with Crippen LogP contribution in [0.15, 0.2) is 24.4 Å². The molecule has 0 aromatic carbocycles. The number of aromatic nitrogens is 1. The largest absolute Gasteiger partial charge is 0.377 e. The first-order valence-corrected chi connectivity index (χ1v) is 7.51. The molecule has 1 aliphatic carbocycles. The molecule has 1 aliphatic rings. The Hall–Kier alpha value is -1.26. The van der Waals surface area contributed by atoms with Gasteiger partial charge in [0.1, 0.15) is 5.82 Å². The van der Waals surface area contributed by atoms with Crippen molar-refractivity contribution in [3.63, 3.8) is 0 Å². The minimum Gasteiger partial charge on any atom is -0.377 e. The van der Waals surface area contributed by atoms with Crippen molar-refractivity contribution in [3.05, 3.63) is 39.2 Å². The van der Waals surface area contributed by atoms with Crippen molar-refractivity contribution in [2.24, 2.45) is 0 Å². The minimum absolute atomic E-state index is 0.366. The van der Waals surface area contributed by atoms with Crippen LogP contribution in [0.4, 0.5) is 11.5 Å². The van der Waals surface area contributed by atoms with Crippen molar-refractivity contribution < 1.29 is 0 Å². The zero-order valence-corrected chi connectivity index (χ0v) is 12.6. The average molecular weight is 294 g/mol. The molecule has 2 aromatic rings. The van der Waals surface area contributed by atoms with E-state index in [1.807, 2.05) is 31.3 Å². The van der Waals surface area contributed by atoms with E-state index in [0.29, 0.717) is 6.04 Å². The van der Waals surface area contributed by atoms with Gasteiger partial charge in [0, 0.05) is 19.0 Å².